The van der Waals surface area contributed by atoms with Crippen molar-refractivity contribution in [2.75, 3.05) is 26.2 Å². The average Bonchev–Trinajstić information content (AvgIpc) is 3.54. The second-order valence-corrected chi connectivity index (χ2v) is 9.67. The first-order valence-electron chi connectivity index (χ1n) is 11.7. The third-order valence-corrected chi connectivity index (χ3v) is 7.57. The quantitative estimate of drug-likeness (QED) is 0.580. The summed E-state index contributed by atoms with van der Waals surface area (Å²) in [4.78, 5) is 28.9. The molecule has 2 fully saturated rings. The zero-order chi connectivity index (χ0) is 23.4. The summed E-state index contributed by atoms with van der Waals surface area (Å²) in [5, 5.41) is 23.6. The van der Waals surface area contributed by atoms with Crippen molar-refractivity contribution in [1.29, 1.82) is 0 Å². The van der Waals surface area contributed by atoms with Gasteiger partial charge in [0.05, 0.1) is 22.7 Å². The van der Waals surface area contributed by atoms with Crippen LogP contribution in [-0.2, 0) is 14.3 Å². The van der Waals surface area contributed by atoms with Crippen LogP contribution < -0.4 is 0 Å². The zero-order valence-corrected chi connectivity index (χ0v) is 18.9. The Balaban J connectivity index is 1.13. The Morgan fingerprint density at radius 3 is 2.79 bits per heavy atom. The number of likely N-dealkylation sites (tertiary alicyclic amines) is 2. The van der Waals surface area contributed by atoms with Crippen molar-refractivity contribution in [1.82, 2.24) is 29.8 Å². The maximum absolute atomic E-state index is 13.4. The molecule has 2 aromatic heterocycles. The van der Waals surface area contributed by atoms with Crippen LogP contribution >= 0.6 is 0 Å². The molecule has 0 saturated carbocycles. The van der Waals surface area contributed by atoms with Crippen molar-refractivity contribution in [2.45, 2.75) is 38.3 Å². The smallest absolute Gasteiger partial charge is 0.333 e. The van der Waals surface area contributed by atoms with Gasteiger partial charge in [0.25, 0.3) is 0 Å². The van der Waals surface area contributed by atoms with Crippen molar-refractivity contribution in [3.63, 3.8) is 0 Å². The zero-order valence-electron chi connectivity index (χ0n) is 18.9. The number of tetrazole rings is 1. The molecule has 176 valence electrons. The van der Waals surface area contributed by atoms with Crippen molar-refractivity contribution < 1.29 is 19.4 Å². The highest BCUT2D eigenvalue weighted by Gasteiger charge is 2.52. The number of β-amino-alcohol motifs (C(OH)–C–C–N with tert-alkyl or cyclic N) is 1. The summed E-state index contributed by atoms with van der Waals surface area (Å²) < 4.78 is 6.71. The van der Waals surface area contributed by atoms with Crippen LogP contribution in [0.4, 0.5) is 0 Å². The Labute approximate surface area is 195 Å². The molecule has 0 radical (unpaired) electrons. The van der Waals surface area contributed by atoms with Gasteiger partial charge in [-0.15, -0.1) is 5.10 Å². The summed E-state index contributed by atoms with van der Waals surface area (Å²) in [5.74, 6) is -0.274. The predicted molar refractivity (Wildman–Crippen MR) is 121 cm³/mol. The fourth-order valence-electron chi connectivity index (χ4n) is 5.79. The van der Waals surface area contributed by atoms with E-state index in [9.17, 15) is 14.7 Å². The maximum Gasteiger partial charge on any atom is 0.333 e. The summed E-state index contributed by atoms with van der Waals surface area (Å²) in [6, 6.07) is 9.69. The number of rotatable bonds is 4. The first kappa shape index (κ1) is 21.2. The second kappa shape index (κ2) is 7.85. The summed E-state index contributed by atoms with van der Waals surface area (Å²) >= 11 is 0. The number of carbonyl (C=O) groups is 2. The Morgan fingerprint density at radius 2 is 2.03 bits per heavy atom. The number of ether oxygens (including phenoxy) is 1. The van der Waals surface area contributed by atoms with Crippen LogP contribution in [0.3, 0.4) is 0 Å². The van der Waals surface area contributed by atoms with Gasteiger partial charge in [-0.3, -0.25) is 4.79 Å². The van der Waals surface area contributed by atoms with E-state index in [1.165, 1.54) is 6.08 Å². The molecule has 10 nitrogen and oxygen atoms in total. The lowest BCUT2D eigenvalue weighted by Gasteiger charge is -2.38. The van der Waals surface area contributed by atoms with Gasteiger partial charge in [0.15, 0.2) is 5.65 Å². The van der Waals surface area contributed by atoms with Crippen molar-refractivity contribution in [3.8, 4) is 0 Å². The van der Waals surface area contributed by atoms with Crippen LogP contribution in [0.2, 0.25) is 0 Å². The van der Waals surface area contributed by atoms with Crippen LogP contribution in [-0.4, -0.2) is 79.1 Å². The first-order chi connectivity index (χ1) is 16.4. The molecule has 0 aliphatic carbocycles. The molecule has 1 N–H and O–H groups in total. The van der Waals surface area contributed by atoms with E-state index in [0.717, 1.165) is 48.8 Å². The molecular formula is C24H26N6O4. The van der Waals surface area contributed by atoms with Crippen LogP contribution in [0.25, 0.3) is 16.6 Å². The van der Waals surface area contributed by atoms with Gasteiger partial charge in [-0.2, -0.15) is 4.52 Å². The highest BCUT2D eigenvalue weighted by atomic mass is 16.5. The number of fused-ring (bicyclic) bond motifs is 3. The molecule has 1 unspecified atom stereocenters. The van der Waals surface area contributed by atoms with Crippen molar-refractivity contribution >= 4 is 28.4 Å². The number of piperidine rings is 1. The third kappa shape index (κ3) is 3.36. The Morgan fingerprint density at radius 1 is 1.21 bits per heavy atom. The van der Waals surface area contributed by atoms with Gasteiger partial charge < -0.3 is 19.6 Å². The molecule has 3 aliphatic heterocycles. The topological polar surface area (TPSA) is 113 Å². The summed E-state index contributed by atoms with van der Waals surface area (Å²) in [6.45, 7) is 4.21. The minimum Gasteiger partial charge on any atom is -0.456 e. The molecule has 5 heterocycles. The molecule has 3 aromatic rings. The lowest BCUT2D eigenvalue weighted by Crippen LogP contribution is -2.45. The number of cyclic esters (lactones) is 1. The lowest BCUT2D eigenvalue weighted by molar-refractivity contribution is -0.139. The summed E-state index contributed by atoms with van der Waals surface area (Å²) in [6.07, 6.45) is 3.08. The van der Waals surface area contributed by atoms with E-state index >= 15 is 0 Å². The number of benzene rings is 1. The SMILES string of the molecule is C[C@@H]1CC2(CCN(CC(O)c3ccc4c(ccc5nnnn54)c3)CC2)C(=O)N1C1=CC(=O)OC1. The van der Waals surface area contributed by atoms with E-state index in [4.69, 9.17) is 4.74 Å². The third-order valence-electron chi connectivity index (χ3n) is 7.57. The van der Waals surface area contributed by atoms with Gasteiger partial charge in [0.2, 0.25) is 5.91 Å². The Hall–Kier alpha value is -3.37. The van der Waals surface area contributed by atoms with Crippen LogP contribution in [0.1, 0.15) is 37.9 Å². The molecule has 2 atom stereocenters. The number of carbonyl (C=O) groups excluding carboxylic acids is 2. The number of aliphatic hydroxyl groups excluding tert-OH is 1. The van der Waals surface area contributed by atoms with E-state index in [1.807, 2.05) is 37.3 Å². The van der Waals surface area contributed by atoms with Crippen LogP contribution in [0.5, 0.6) is 0 Å². The first-order valence-corrected chi connectivity index (χ1v) is 11.7. The molecule has 0 bridgehead atoms. The largest absolute Gasteiger partial charge is 0.456 e. The highest BCUT2D eigenvalue weighted by molar-refractivity contribution is 5.91. The van der Waals surface area contributed by atoms with Gasteiger partial charge >= 0.3 is 5.97 Å². The molecular weight excluding hydrogens is 436 g/mol. The number of amides is 1. The van der Waals surface area contributed by atoms with E-state index < -0.39 is 11.5 Å². The van der Waals surface area contributed by atoms with Gasteiger partial charge in [-0.05, 0) is 79.5 Å². The van der Waals surface area contributed by atoms with E-state index in [1.54, 1.807) is 9.42 Å². The number of aliphatic hydroxyl groups is 1. The average molecular weight is 463 g/mol. The predicted octanol–water partition coefficient (Wildman–Crippen LogP) is 1.45. The summed E-state index contributed by atoms with van der Waals surface area (Å²) in [5.41, 5.74) is 2.69. The second-order valence-electron chi connectivity index (χ2n) is 9.67. The van der Waals surface area contributed by atoms with Crippen LogP contribution in [0, 0.1) is 5.41 Å². The lowest BCUT2D eigenvalue weighted by atomic mass is 9.76. The van der Waals surface area contributed by atoms with Crippen LogP contribution in [0.15, 0.2) is 42.1 Å². The van der Waals surface area contributed by atoms with Crippen molar-refractivity contribution in [2.24, 2.45) is 5.41 Å². The molecule has 1 amide bonds. The van der Waals surface area contributed by atoms with Gasteiger partial charge in [-0.1, -0.05) is 6.07 Å². The fraction of sp³-hybridized carbons (Fsp3) is 0.458. The molecule has 2 saturated heterocycles. The van der Waals surface area contributed by atoms with Gasteiger partial charge in [-0.25, -0.2) is 4.79 Å². The highest BCUT2D eigenvalue weighted by Crippen LogP contribution is 2.46. The molecule has 1 spiro atoms. The van der Waals surface area contributed by atoms with E-state index in [-0.39, 0.29) is 24.5 Å². The van der Waals surface area contributed by atoms with Crippen molar-refractivity contribution in [3.05, 3.63) is 47.7 Å². The monoisotopic (exact) mass is 462 g/mol. The number of nitrogens with zero attached hydrogens (tertiary/aromatic N) is 6. The maximum atomic E-state index is 13.4. The number of hydrogen-bond acceptors (Lipinski definition) is 8. The normalized spacial score (nSPS) is 23.8. The number of aromatic nitrogens is 4. The van der Waals surface area contributed by atoms with Gasteiger partial charge in [0, 0.05) is 24.0 Å². The molecule has 3 aliphatic rings. The molecule has 34 heavy (non-hydrogen) atoms. The Bertz CT molecular complexity index is 1330. The standard InChI is InChI=1S/C24H26N6O4/c1-15-12-24(23(33)29(15)18-11-22(32)34-14-18)6-8-28(9-7-24)13-20(31)17-2-4-19-16(10-17)3-5-21-25-26-27-30(19)21/h2-5,10-11,15,20,31H,6-9,12-14H2,1H3/t15-,20?/m1/s1. The fourth-order valence-corrected chi connectivity index (χ4v) is 5.79. The number of pyridine rings is 1. The van der Waals surface area contributed by atoms with E-state index in [0.29, 0.717) is 17.9 Å². The molecule has 10 heteroatoms. The van der Waals surface area contributed by atoms with Gasteiger partial charge in [0.1, 0.15) is 6.61 Å². The van der Waals surface area contributed by atoms with E-state index in [2.05, 4.69) is 20.4 Å². The minimum atomic E-state index is -0.635. The summed E-state index contributed by atoms with van der Waals surface area (Å²) in [7, 11) is 0. The Kier molecular flexibility index (Phi) is 4.89. The molecule has 1 aromatic carbocycles. The number of esters is 1. The number of hydrogen-bond donors (Lipinski definition) is 1. The molecule has 6 rings (SSSR count). The minimum absolute atomic E-state index is 0.0506.